The Bertz CT molecular complexity index is 2300. The molecule has 45 heavy (non-hydrogen) atoms. The molecule has 5 aromatic carbocycles. The molecule has 9 rings (SSSR count). The molecule has 0 atom stereocenters. The molecule has 2 heterocycles. The van der Waals surface area contributed by atoms with Crippen molar-refractivity contribution in [3.8, 4) is 62.0 Å². The molecule has 1 spiro atoms. The second-order valence-corrected chi connectivity index (χ2v) is 11.7. The van der Waals surface area contributed by atoms with Gasteiger partial charge in [-0.15, -0.1) is 0 Å². The van der Waals surface area contributed by atoms with E-state index in [2.05, 4.69) is 132 Å². The van der Waals surface area contributed by atoms with E-state index in [0.717, 1.165) is 22.5 Å². The number of hydrogen-bond donors (Lipinski definition) is 0. The van der Waals surface area contributed by atoms with Crippen LogP contribution < -0.4 is 0 Å². The molecule has 0 bridgehead atoms. The minimum atomic E-state index is -0.397. The van der Waals surface area contributed by atoms with Crippen LogP contribution in [0.4, 0.5) is 0 Å². The van der Waals surface area contributed by atoms with Gasteiger partial charge in [-0.05, 0) is 92.0 Å². The summed E-state index contributed by atoms with van der Waals surface area (Å²) in [4.78, 5) is 9.19. The summed E-state index contributed by atoms with van der Waals surface area (Å²) in [5, 5.41) is 9.38. The Labute approximate surface area is 261 Å². The first kappa shape index (κ1) is 25.4. The zero-order valence-electron chi connectivity index (χ0n) is 24.3. The maximum Gasteiger partial charge on any atom is 0.141 e. The Balaban J connectivity index is 1.29. The van der Waals surface area contributed by atoms with Crippen molar-refractivity contribution in [2.75, 3.05) is 0 Å². The first-order valence-corrected chi connectivity index (χ1v) is 15.1. The van der Waals surface area contributed by atoms with E-state index in [1.807, 2.05) is 18.2 Å². The Kier molecular flexibility index (Phi) is 5.48. The Morgan fingerprint density at radius 2 is 1.00 bits per heavy atom. The zero-order chi connectivity index (χ0) is 30.0. The van der Waals surface area contributed by atoms with Crippen LogP contribution >= 0.6 is 0 Å². The van der Waals surface area contributed by atoms with E-state index in [1.54, 1.807) is 12.3 Å². The van der Waals surface area contributed by atoms with Crippen LogP contribution in [-0.4, -0.2) is 9.97 Å². The summed E-state index contributed by atoms with van der Waals surface area (Å²) in [7, 11) is 0. The second kappa shape index (κ2) is 9.71. The van der Waals surface area contributed by atoms with Crippen LogP contribution in [0, 0.1) is 11.3 Å². The fourth-order valence-corrected chi connectivity index (χ4v) is 7.53. The SMILES string of the molecule is N#Cc1cc(-c2cccc(-c3ccc4c(c3)-c3cc(-c5ccccc5)ccc3C43c4ccccc4-c4ccccc43)n2)ccn1. The molecule has 2 aromatic heterocycles. The van der Waals surface area contributed by atoms with Gasteiger partial charge in [-0.3, -0.25) is 0 Å². The first-order valence-electron chi connectivity index (χ1n) is 15.1. The summed E-state index contributed by atoms with van der Waals surface area (Å²) >= 11 is 0. The lowest BCUT2D eigenvalue weighted by atomic mass is 9.70. The molecule has 0 aliphatic heterocycles. The van der Waals surface area contributed by atoms with Crippen LogP contribution in [0.25, 0.3) is 55.9 Å². The predicted octanol–water partition coefficient (Wildman–Crippen LogP) is 9.69. The predicted molar refractivity (Wildman–Crippen MR) is 179 cm³/mol. The summed E-state index contributed by atoms with van der Waals surface area (Å²) < 4.78 is 0. The fraction of sp³-hybridized carbons (Fsp3) is 0.0238. The van der Waals surface area contributed by atoms with E-state index in [0.29, 0.717) is 5.69 Å². The van der Waals surface area contributed by atoms with Crippen molar-refractivity contribution in [2.45, 2.75) is 5.41 Å². The molecule has 0 amide bonds. The van der Waals surface area contributed by atoms with Gasteiger partial charge in [0.05, 0.1) is 16.8 Å². The third-order valence-corrected chi connectivity index (χ3v) is 9.41. The normalized spacial score (nSPS) is 13.0. The minimum Gasteiger partial charge on any atom is -0.248 e. The van der Waals surface area contributed by atoms with Gasteiger partial charge in [0, 0.05) is 17.3 Å². The van der Waals surface area contributed by atoms with Crippen LogP contribution in [-0.2, 0) is 5.41 Å². The molecule has 3 heteroatoms. The Hall–Kier alpha value is -6.11. The monoisotopic (exact) mass is 571 g/mol. The average molecular weight is 572 g/mol. The van der Waals surface area contributed by atoms with Crippen molar-refractivity contribution in [1.29, 1.82) is 5.26 Å². The Morgan fingerprint density at radius 1 is 0.444 bits per heavy atom. The molecule has 2 aliphatic carbocycles. The van der Waals surface area contributed by atoms with Crippen molar-refractivity contribution >= 4 is 0 Å². The van der Waals surface area contributed by atoms with Gasteiger partial charge in [-0.1, -0.05) is 109 Å². The topological polar surface area (TPSA) is 49.6 Å². The van der Waals surface area contributed by atoms with Crippen molar-refractivity contribution < 1.29 is 0 Å². The lowest BCUT2D eigenvalue weighted by molar-refractivity contribution is 0.794. The van der Waals surface area contributed by atoms with E-state index >= 15 is 0 Å². The zero-order valence-corrected chi connectivity index (χ0v) is 24.3. The molecule has 7 aromatic rings. The quantitative estimate of drug-likeness (QED) is 0.212. The smallest absolute Gasteiger partial charge is 0.141 e. The summed E-state index contributed by atoms with van der Waals surface area (Å²) in [5.74, 6) is 0. The standard InChI is InChI=1S/C42H25N3/c43-26-31-23-30(21-22-44-31)41-16-8-15-40(45-41)29-18-20-39-35(25-29)34-24-28(27-9-2-1-3-10-27)17-19-38(34)42(39)36-13-6-4-11-32(36)33-12-5-7-14-37(33)42/h1-25H. The van der Waals surface area contributed by atoms with E-state index in [4.69, 9.17) is 4.98 Å². The minimum absolute atomic E-state index is 0.380. The van der Waals surface area contributed by atoms with Gasteiger partial charge in [-0.25, -0.2) is 9.97 Å². The number of nitriles is 1. The van der Waals surface area contributed by atoms with E-state index in [-0.39, 0.29) is 0 Å². The second-order valence-electron chi connectivity index (χ2n) is 11.7. The number of hydrogen-bond acceptors (Lipinski definition) is 3. The van der Waals surface area contributed by atoms with Crippen LogP contribution in [0.5, 0.6) is 0 Å². The number of benzene rings is 5. The van der Waals surface area contributed by atoms with Crippen LogP contribution in [0.2, 0.25) is 0 Å². The number of nitrogens with zero attached hydrogens (tertiary/aromatic N) is 3. The molecular weight excluding hydrogens is 546 g/mol. The van der Waals surface area contributed by atoms with E-state index in [9.17, 15) is 5.26 Å². The highest BCUT2D eigenvalue weighted by Crippen LogP contribution is 2.63. The molecule has 0 unspecified atom stereocenters. The molecule has 208 valence electrons. The summed E-state index contributed by atoms with van der Waals surface area (Å²) in [5.41, 5.74) is 16.4. The van der Waals surface area contributed by atoms with Gasteiger partial charge in [0.2, 0.25) is 0 Å². The van der Waals surface area contributed by atoms with Gasteiger partial charge in [0.1, 0.15) is 11.8 Å². The van der Waals surface area contributed by atoms with E-state index in [1.165, 1.54) is 55.6 Å². The number of pyridine rings is 2. The van der Waals surface area contributed by atoms with Crippen molar-refractivity contribution in [3.63, 3.8) is 0 Å². The third-order valence-electron chi connectivity index (χ3n) is 9.41. The average Bonchev–Trinajstić information content (AvgIpc) is 3.58. The Morgan fingerprint density at radius 3 is 1.67 bits per heavy atom. The lowest BCUT2D eigenvalue weighted by Crippen LogP contribution is -2.25. The van der Waals surface area contributed by atoms with Crippen LogP contribution in [0.3, 0.4) is 0 Å². The number of aromatic nitrogens is 2. The van der Waals surface area contributed by atoms with Crippen molar-refractivity contribution in [3.05, 3.63) is 180 Å². The molecule has 0 radical (unpaired) electrons. The highest BCUT2D eigenvalue weighted by Gasteiger charge is 2.51. The molecule has 0 N–H and O–H groups in total. The molecule has 3 nitrogen and oxygen atoms in total. The molecule has 0 saturated carbocycles. The van der Waals surface area contributed by atoms with Crippen LogP contribution in [0.1, 0.15) is 27.9 Å². The molecule has 0 fully saturated rings. The third kappa shape index (κ3) is 3.63. The van der Waals surface area contributed by atoms with Gasteiger partial charge in [-0.2, -0.15) is 5.26 Å². The fourth-order valence-electron chi connectivity index (χ4n) is 7.53. The summed E-state index contributed by atoms with van der Waals surface area (Å²) in [6.07, 6.45) is 1.66. The van der Waals surface area contributed by atoms with Gasteiger partial charge in [0.15, 0.2) is 0 Å². The van der Waals surface area contributed by atoms with Crippen molar-refractivity contribution in [1.82, 2.24) is 9.97 Å². The molecule has 2 aliphatic rings. The van der Waals surface area contributed by atoms with Gasteiger partial charge in [0.25, 0.3) is 0 Å². The number of rotatable bonds is 3. The first-order chi connectivity index (χ1) is 22.3. The largest absolute Gasteiger partial charge is 0.248 e. The van der Waals surface area contributed by atoms with E-state index < -0.39 is 5.41 Å². The van der Waals surface area contributed by atoms with Gasteiger partial charge < -0.3 is 0 Å². The van der Waals surface area contributed by atoms with Gasteiger partial charge >= 0.3 is 0 Å². The highest BCUT2D eigenvalue weighted by atomic mass is 14.7. The summed E-state index contributed by atoms with van der Waals surface area (Å²) in [6.45, 7) is 0. The molecule has 0 saturated heterocycles. The maximum absolute atomic E-state index is 9.38. The highest BCUT2D eigenvalue weighted by molar-refractivity contribution is 5.97. The summed E-state index contributed by atoms with van der Waals surface area (Å²) in [6, 6.07) is 54.1. The molecular formula is C42H25N3. The van der Waals surface area contributed by atoms with Crippen LogP contribution in [0.15, 0.2) is 152 Å². The maximum atomic E-state index is 9.38. The van der Waals surface area contributed by atoms with Crippen molar-refractivity contribution in [2.24, 2.45) is 0 Å². The number of fused-ring (bicyclic) bond motifs is 10. The lowest BCUT2D eigenvalue weighted by Gasteiger charge is -2.30.